The van der Waals surface area contributed by atoms with Gasteiger partial charge in [-0.25, -0.2) is 8.42 Å². The van der Waals surface area contributed by atoms with E-state index in [-0.39, 0.29) is 23.0 Å². The number of rotatable bonds is 5. The van der Waals surface area contributed by atoms with Crippen molar-refractivity contribution in [2.24, 2.45) is 0 Å². The molecule has 1 aromatic heterocycles. The summed E-state index contributed by atoms with van der Waals surface area (Å²) in [6, 6.07) is 9.83. The zero-order valence-corrected chi connectivity index (χ0v) is 17.4. The molecule has 1 amide bonds. The maximum Gasteiger partial charge on any atom is 0.254 e. The summed E-state index contributed by atoms with van der Waals surface area (Å²) in [6.07, 6.45) is -0.350. The highest BCUT2D eigenvalue weighted by Crippen LogP contribution is 2.22. The third-order valence-corrected chi connectivity index (χ3v) is 6.47. The second kappa shape index (κ2) is 8.06. The van der Waals surface area contributed by atoms with Crippen LogP contribution in [0.4, 0.5) is 0 Å². The van der Waals surface area contributed by atoms with Crippen LogP contribution >= 0.6 is 0 Å². The van der Waals surface area contributed by atoms with E-state index in [0.717, 1.165) is 5.76 Å². The average Bonchev–Trinajstić information content (AvgIpc) is 3.05. The monoisotopic (exact) mass is 406 g/mol. The van der Waals surface area contributed by atoms with Gasteiger partial charge in [-0.1, -0.05) is 6.07 Å². The van der Waals surface area contributed by atoms with Gasteiger partial charge >= 0.3 is 0 Å². The van der Waals surface area contributed by atoms with E-state index in [9.17, 15) is 13.2 Å². The zero-order valence-electron chi connectivity index (χ0n) is 16.6. The standard InChI is InChI=1S/C20H26N2O5S/c1-14-8-9-18(27-14)13-21(4)20(23)17-6-5-7-19(10-17)28(24,25)22-11-15(2)26-16(3)12-22/h5-10,15-16H,11-13H2,1-4H3. The van der Waals surface area contributed by atoms with Crippen LogP contribution in [0.25, 0.3) is 0 Å². The van der Waals surface area contributed by atoms with E-state index < -0.39 is 10.0 Å². The van der Waals surface area contributed by atoms with Crippen molar-refractivity contribution in [3.63, 3.8) is 0 Å². The fourth-order valence-electron chi connectivity index (χ4n) is 3.36. The van der Waals surface area contributed by atoms with Gasteiger partial charge in [0.1, 0.15) is 11.5 Å². The van der Waals surface area contributed by atoms with Gasteiger partial charge < -0.3 is 14.1 Å². The molecule has 1 aromatic carbocycles. The lowest BCUT2D eigenvalue weighted by Gasteiger charge is -2.34. The van der Waals surface area contributed by atoms with Crippen LogP contribution in [0.1, 0.15) is 35.7 Å². The fourth-order valence-corrected chi connectivity index (χ4v) is 5.00. The molecule has 0 bridgehead atoms. The summed E-state index contributed by atoms with van der Waals surface area (Å²) >= 11 is 0. The number of sulfonamides is 1. The van der Waals surface area contributed by atoms with Crippen molar-refractivity contribution in [1.82, 2.24) is 9.21 Å². The normalized spacial score (nSPS) is 20.9. The number of furan rings is 1. The van der Waals surface area contributed by atoms with Crippen molar-refractivity contribution >= 4 is 15.9 Å². The van der Waals surface area contributed by atoms with E-state index in [1.807, 2.05) is 32.9 Å². The molecule has 2 aromatic rings. The number of morpholine rings is 1. The first-order chi connectivity index (χ1) is 13.2. The van der Waals surface area contributed by atoms with Crippen molar-refractivity contribution in [1.29, 1.82) is 0 Å². The Hall–Kier alpha value is -2.16. The lowest BCUT2D eigenvalue weighted by atomic mass is 10.2. The number of nitrogens with zero attached hydrogens (tertiary/aromatic N) is 2. The van der Waals surface area contributed by atoms with Gasteiger partial charge in [0.25, 0.3) is 5.91 Å². The molecule has 8 heteroatoms. The van der Waals surface area contributed by atoms with Gasteiger partial charge in [-0.3, -0.25) is 4.79 Å². The highest BCUT2D eigenvalue weighted by Gasteiger charge is 2.32. The Bertz CT molecular complexity index is 943. The largest absolute Gasteiger partial charge is 0.464 e. The van der Waals surface area contributed by atoms with Crippen LogP contribution in [0.5, 0.6) is 0 Å². The van der Waals surface area contributed by atoms with Crippen molar-refractivity contribution in [2.75, 3.05) is 20.1 Å². The van der Waals surface area contributed by atoms with Crippen molar-refractivity contribution in [3.05, 3.63) is 53.5 Å². The summed E-state index contributed by atoms with van der Waals surface area (Å²) < 4.78 is 38.6. The molecule has 1 saturated heterocycles. The lowest BCUT2D eigenvalue weighted by molar-refractivity contribution is -0.0440. The van der Waals surface area contributed by atoms with Gasteiger partial charge in [-0.15, -0.1) is 0 Å². The van der Waals surface area contributed by atoms with Crippen molar-refractivity contribution in [2.45, 2.75) is 44.4 Å². The smallest absolute Gasteiger partial charge is 0.254 e. The molecule has 2 heterocycles. The van der Waals surface area contributed by atoms with Crippen LogP contribution in [0.2, 0.25) is 0 Å². The minimum absolute atomic E-state index is 0.113. The zero-order chi connectivity index (χ0) is 20.5. The summed E-state index contributed by atoms with van der Waals surface area (Å²) in [5, 5.41) is 0. The summed E-state index contributed by atoms with van der Waals surface area (Å²) in [6.45, 7) is 6.44. The van der Waals surface area contributed by atoms with Gasteiger partial charge in [-0.05, 0) is 51.1 Å². The molecule has 2 unspecified atom stereocenters. The SMILES string of the molecule is Cc1ccc(CN(C)C(=O)c2cccc(S(=O)(=O)N3CC(C)OC(C)C3)c2)o1. The van der Waals surface area contributed by atoms with Gasteiger partial charge in [0.2, 0.25) is 10.0 Å². The summed E-state index contributed by atoms with van der Waals surface area (Å²) in [7, 11) is -2.04. The van der Waals surface area contributed by atoms with Gasteiger partial charge in [0, 0.05) is 25.7 Å². The van der Waals surface area contributed by atoms with Crippen LogP contribution in [0, 0.1) is 6.92 Å². The number of hydrogen-bond acceptors (Lipinski definition) is 5. The maximum absolute atomic E-state index is 13.0. The molecule has 3 rings (SSSR count). The maximum atomic E-state index is 13.0. The lowest BCUT2D eigenvalue weighted by Crippen LogP contribution is -2.48. The Morgan fingerprint density at radius 1 is 1.18 bits per heavy atom. The average molecular weight is 407 g/mol. The van der Waals surface area contributed by atoms with E-state index in [4.69, 9.17) is 9.15 Å². The molecule has 0 N–H and O–H groups in total. The number of hydrogen-bond donors (Lipinski definition) is 0. The molecule has 1 aliphatic rings. The van der Waals surface area contributed by atoms with Crippen LogP contribution in [-0.2, 0) is 21.3 Å². The molecule has 1 fully saturated rings. The molecular weight excluding hydrogens is 380 g/mol. The first kappa shape index (κ1) is 20.6. The quantitative estimate of drug-likeness (QED) is 0.763. The van der Waals surface area contributed by atoms with Crippen LogP contribution in [0.15, 0.2) is 45.7 Å². The third kappa shape index (κ3) is 4.45. The van der Waals surface area contributed by atoms with Crippen molar-refractivity contribution < 1.29 is 22.4 Å². The van der Waals surface area contributed by atoms with E-state index in [1.165, 1.54) is 21.3 Å². The Morgan fingerprint density at radius 2 is 1.86 bits per heavy atom. The Labute approximate surface area is 165 Å². The van der Waals surface area contributed by atoms with Crippen molar-refractivity contribution in [3.8, 4) is 0 Å². The van der Waals surface area contributed by atoms with Crippen LogP contribution < -0.4 is 0 Å². The predicted octanol–water partition coefficient (Wildman–Crippen LogP) is 2.66. The van der Waals surface area contributed by atoms with Crippen LogP contribution in [-0.4, -0.2) is 55.9 Å². The van der Waals surface area contributed by atoms with E-state index in [1.54, 1.807) is 19.2 Å². The van der Waals surface area contributed by atoms with E-state index >= 15 is 0 Å². The summed E-state index contributed by atoms with van der Waals surface area (Å²) in [5.74, 6) is 1.18. The minimum Gasteiger partial charge on any atom is -0.464 e. The third-order valence-electron chi connectivity index (χ3n) is 4.64. The predicted molar refractivity (Wildman–Crippen MR) is 104 cm³/mol. The molecule has 0 radical (unpaired) electrons. The number of benzene rings is 1. The number of ether oxygens (including phenoxy) is 1. The number of aryl methyl sites for hydroxylation is 1. The summed E-state index contributed by atoms with van der Waals surface area (Å²) in [4.78, 5) is 14.4. The molecule has 28 heavy (non-hydrogen) atoms. The molecule has 152 valence electrons. The number of carbonyl (C=O) groups is 1. The highest BCUT2D eigenvalue weighted by atomic mass is 32.2. The fraction of sp³-hybridized carbons (Fsp3) is 0.450. The van der Waals surface area contributed by atoms with Gasteiger partial charge in [0.05, 0.1) is 23.6 Å². The molecular formula is C20H26N2O5S. The Morgan fingerprint density at radius 3 is 2.46 bits per heavy atom. The van der Waals surface area contributed by atoms with Gasteiger partial charge in [-0.2, -0.15) is 4.31 Å². The Kier molecular flexibility index (Phi) is 5.92. The van der Waals surface area contributed by atoms with E-state index in [2.05, 4.69) is 0 Å². The number of carbonyl (C=O) groups excluding carboxylic acids is 1. The highest BCUT2D eigenvalue weighted by molar-refractivity contribution is 7.89. The molecule has 7 nitrogen and oxygen atoms in total. The molecule has 0 aliphatic carbocycles. The molecule has 2 atom stereocenters. The first-order valence-electron chi connectivity index (χ1n) is 9.23. The van der Waals surface area contributed by atoms with Crippen LogP contribution in [0.3, 0.4) is 0 Å². The molecule has 0 saturated carbocycles. The minimum atomic E-state index is -3.70. The Balaban J connectivity index is 1.80. The molecule has 1 aliphatic heterocycles. The first-order valence-corrected chi connectivity index (χ1v) is 10.7. The van der Waals surface area contributed by atoms with E-state index in [0.29, 0.717) is 31.0 Å². The summed E-state index contributed by atoms with van der Waals surface area (Å²) in [5.41, 5.74) is 0.321. The van der Waals surface area contributed by atoms with Gasteiger partial charge in [0.15, 0.2) is 0 Å². The number of amides is 1. The topological polar surface area (TPSA) is 80.1 Å². The second-order valence-electron chi connectivity index (χ2n) is 7.28. The molecule has 0 spiro atoms. The second-order valence-corrected chi connectivity index (χ2v) is 9.22.